The van der Waals surface area contributed by atoms with Crippen molar-refractivity contribution in [2.24, 2.45) is 0 Å². The minimum Gasteiger partial charge on any atom is -0.454 e. The van der Waals surface area contributed by atoms with E-state index in [0.29, 0.717) is 11.5 Å². The van der Waals surface area contributed by atoms with Crippen molar-refractivity contribution in [3.05, 3.63) is 89.5 Å². The van der Waals surface area contributed by atoms with Gasteiger partial charge in [-0.3, -0.25) is 4.79 Å². The molecular weight excluding hydrogens is 460 g/mol. The first-order valence-electron chi connectivity index (χ1n) is 10.4. The number of sulfonamides is 1. The van der Waals surface area contributed by atoms with Crippen molar-refractivity contribution in [3.8, 4) is 11.5 Å². The number of carbonyl (C=O) groups is 2. The normalized spacial score (nSPS) is 12.2. The molecule has 2 N–H and O–H groups in total. The zero-order valence-corrected chi connectivity index (χ0v) is 18.8. The summed E-state index contributed by atoms with van der Waals surface area (Å²) in [5.74, 6) is -0.0626. The maximum atomic E-state index is 12.6. The minimum atomic E-state index is -3.85. The molecule has 0 spiro atoms. The van der Waals surface area contributed by atoms with E-state index in [2.05, 4.69) is 10.0 Å². The monoisotopic (exact) mass is 482 g/mol. The summed E-state index contributed by atoms with van der Waals surface area (Å²) in [5, 5.41) is 2.65. The van der Waals surface area contributed by atoms with Crippen molar-refractivity contribution in [3.63, 3.8) is 0 Å². The van der Waals surface area contributed by atoms with E-state index in [1.807, 2.05) is 18.2 Å². The molecule has 0 fully saturated rings. The van der Waals surface area contributed by atoms with Crippen LogP contribution >= 0.6 is 0 Å². The molecule has 1 amide bonds. The van der Waals surface area contributed by atoms with E-state index in [4.69, 9.17) is 14.2 Å². The van der Waals surface area contributed by atoms with Crippen LogP contribution in [0.2, 0.25) is 0 Å². The number of carbonyl (C=O) groups excluding carboxylic acids is 2. The fraction of sp³-hybridized carbons (Fsp3) is 0.167. The molecule has 0 saturated heterocycles. The van der Waals surface area contributed by atoms with E-state index < -0.39 is 28.5 Å². The summed E-state index contributed by atoms with van der Waals surface area (Å²) in [6.45, 7) is -0.0193. The molecule has 3 aromatic carbocycles. The molecule has 9 nitrogen and oxygen atoms in total. The summed E-state index contributed by atoms with van der Waals surface area (Å²) in [6.07, 6.45) is 0. The number of fused-ring (bicyclic) bond motifs is 1. The van der Waals surface area contributed by atoms with Crippen molar-refractivity contribution in [2.45, 2.75) is 18.0 Å². The molecule has 1 aliphatic rings. The molecule has 0 aromatic heterocycles. The molecular formula is C24H22N2O7S. The molecule has 0 bridgehead atoms. The lowest BCUT2D eigenvalue weighted by Gasteiger charge is -2.09. The summed E-state index contributed by atoms with van der Waals surface area (Å²) < 4.78 is 43.3. The van der Waals surface area contributed by atoms with Gasteiger partial charge in [0.15, 0.2) is 18.1 Å². The first-order valence-corrected chi connectivity index (χ1v) is 11.8. The van der Waals surface area contributed by atoms with E-state index in [1.54, 1.807) is 30.3 Å². The summed E-state index contributed by atoms with van der Waals surface area (Å²) in [7, 11) is -3.85. The molecule has 0 atom stereocenters. The van der Waals surface area contributed by atoms with Crippen LogP contribution < -0.4 is 19.5 Å². The lowest BCUT2D eigenvalue weighted by molar-refractivity contribution is -0.124. The molecule has 10 heteroatoms. The van der Waals surface area contributed by atoms with Crippen LogP contribution in [0.3, 0.4) is 0 Å². The van der Waals surface area contributed by atoms with Gasteiger partial charge in [-0.1, -0.05) is 42.5 Å². The van der Waals surface area contributed by atoms with Crippen molar-refractivity contribution >= 4 is 21.9 Å². The van der Waals surface area contributed by atoms with Crippen molar-refractivity contribution in [2.75, 3.05) is 13.4 Å². The Labute approximate surface area is 196 Å². The highest BCUT2D eigenvalue weighted by Crippen LogP contribution is 2.32. The molecule has 4 rings (SSSR count). The quantitative estimate of drug-likeness (QED) is 0.449. The predicted octanol–water partition coefficient (Wildman–Crippen LogP) is 2.37. The third-order valence-electron chi connectivity index (χ3n) is 4.95. The van der Waals surface area contributed by atoms with Gasteiger partial charge in [0.25, 0.3) is 5.91 Å². The number of amides is 1. The molecule has 0 aliphatic carbocycles. The van der Waals surface area contributed by atoms with E-state index in [-0.39, 0.29) is 30.3 Å². The zero-order valence-electron chi connectivity index (χ0n) is 18.0. The Bertz CT molecular complexity index is 1290. The molecule has 0 saturated carbocycles. The van der Waals surface area contributed by atoms with Crippen LogP contribution in [0.15, 0.2) is 77.7 Å². The molecule has 0 radical (unpaired) electrons. The van der Waals surface area contributed by atoms with Crippen LogP contribution in [0.1, 0.15) is 21.5 Å². The van der Waals surface area contributed by atoms with Gasteiger partial charge in [-0.05, 0) is 41.5 Å². The van der Waals surface area contributed by atoms with Crippen LogP contribution in [0.25, 0.3) is 0 Å². The molecule has 3 aromatic rings. The Kier molecular flexibility index (Phi) is 7.09. The minimum absolute atomic E-state index is 0.0196. The zero-order chi connectivity index (χ0) is 24.0. The van der Waals surface area contributed by atoms with Crippen LogP contribution in [0.5, 0.6) is 11.5 Å². The van der Waals surface area contributed by atoms with Crippen LogP contribution in [-0.4, -0.2) is 33.7 Å². The SMILES string of the molecule is O=C(COC(=O)c1cccc(S(=O)(=O)NCc2ccccc2)c1)NCc1ccc2c(c1)OCO2. The van der Waals surface area contributed by atoms with Gasteiger partial charge in [0.05, 0.1) is 10.5 Å². The second-order valence-electron chi connectivity index (χ2n) is 7.38. The van der Waals surface area contributed by atoms with E-state index >= 15 is 0 Å². The first kappa shape index (κ1) is 23.3. The fourth-order valence-electron chi connectivity index (χ4n) is 3.16. The van der Waals surface area contributed by atoms with Gasteiger partial charge in [0, 0.05) is 13.1 Å². The number of benzene rings is 3. The third kappa shape index (κ3) is 5.91. The number of rotatable bonds is 9. The van der Waals surface area contributed by atoms with E-state index in [9.17, 15) is 18.0 Å². The fourth-order valence-corrected chi connectivity index (χ4v) is 4.23. The number of esters is 1. The van der Waals surface area contributed by atoms with Gasteiger partial charge in [-0.25, -0.2) is 17.9 Å². The molecule has 1 aliphatic heterocycles. The lowest BCUT2D eigenvalue weighted by Crippen LogP contribution is -2.28. The number of ether oxygens (including phenoxy) is 3. The maximum Gasteiger partial charge on any atom is 0.338 e. The maximum absolute atomic E-state index is 12.6. The average Bonchev–Trinajstić information content (AvgIpc) is 3.33. The van der Waals surface area contributed by atoms with Crippen molar-refractivity contribution in [1.29, 1.82) is 0 Å². The first-order chi connectivity index (χ1) is 16.4. The largest absolute Gasteiger partial charge is 0.454 e. The molecule has 0 unspecified atom stereocenters. The van der Waals surface area contributed by atoms with Crippen LogP contribution in [0, 0.1) is 0 Å². The lowest BCUT2D eigenvalue weighted by atomic mass is 10.2. The standard InChI is InChI=1S/C24H22N2O7S/c27-23(25-13-18-9-10-21-22(11-18)33-16-32-21)15-31-24(28)19-7-4-8-20(12-19)34(29,30)26-14-17-5-2-1-3-6-17/h1-12,26H,13-16H2,(H,25,27). The van der Waals surface area contributed by atoms with Gasteiger partial charge in [0.1, 0.15) is 0 Å². The Morgan fingerprint density at radius 2 is 1.65 bits per heavy atom. The van der Waals surface area contributed by atoms with Crippen LogP contribution in [-0.2, 0) is 32.6 Å². The Hall–Kier alpha value is -3.89. The van der Waals surface area contributed by atoms with Gasteiger partial charge < -0.3 is 19.5 Å². The average molecular weight is 483 g/mol. The Morgan fingerprint density at radius 1 is 0.853 bits per heavy atom. The molecule has 1 heterocycles. The van der Waals surface area contributed by atoms with E-state index in [0.717, 1.165) is 11.1 Å². The van der Waals surface area contributed by atoms with Crippen molar-refractivity contribution in [1.82, 2.24) is 10.0 Å². The second-order valence-corrected chi connectivity index (χ2v) is 9.15. The molecule has 34 heavy (non-hydrogen) atoms. The smallest absolute Gasteiger partial charge is 0.338 e. The summed E-state index contributed by atoms with van der Waals surface area (Å²) >= 11 is 0. The Balaban J connectivity index is 1.29. The highest BCUT2D eigenvalue weighted by molar-refractivity contribution is 7.89. The highest BCUT2D eigenvalue weighted by atomic mass is 32.2. The predicted molar refractivity (Wildman–Crippen MR) is 122 cm³/mol. The van der Waals surface area contributed by atoms with Gasteiger partial charge in [-0.2, -0.15) is 0 Å². The second kappa shape index (κ2) is 10.4. The number of hydrogen-bond donors (Lipinski definition) is 2. The summed E-state index contributed by atoms with van der Waals surface area (Å²) in [6, 6.07) is 19.8. The summed E-state index contributed by atoms with van der Waals surface area (Å²) in [5.41, 5.74) is 1.62. The molecule has 176 valence electrons. The van der Waals surface area contributed by atoms with Gasteiger partial charge in [-0.15, -0.1) is 0 Å². The number of hydrogen-bond acceptors (Lipinski definition) is 7. The topological polar surface area (TPSA) is 120 Å². The highest BCUT2D eigenvalue weighted by Gasteiger charge is 2.18. The van der Waals surface area contributed by atoms with Crippen LogP contribution in [0.4, 0.5) is 0 Å². The third-order valence-corrected chi connectivity index (χ3v) is 6.35. The van der Waals surface area contributed by atoms with E-state index in [1.165, 1.54) is 24.3 Å². The Morgan fingerprint density at radius 3 is 2.47 bits per heavy atom. The van der Waals surface area contributed by atoms with Crippen molar-refractivity contribution < 1.29 is 32.2 Å². The van der Waals surface area contributed by atoms with Gasteiger partial charge >= 0.3 is 5.97 Å². The summed E-state index contributed by atoms with van der Waals surface area (Å²) in [4.78, 5) is 24.4. The number of nitrogens with one attached hydrogen (secondary N) is 2. The van der Waals surface area contributed by atoms with Gasteiger partial charge in [0.2, 0.25) is 16.8 Å².